The lowest BCUT2D eigenvalue weighted by atomic mass is 9.99. The molecule has 0 saturated carbocycles. The molecule has 0 rings (SSSR count). The maximum absolute atomic E-state index is 9.27. The van der Waals surface area contributed by atoms with Gasteiger partial charge in [-0.15, -0.1) is 0 Å². The second-order valence-electron chi connectivity index (χ2n) is 3.44. The van der Waals surface area contributed by atoms with Gasteiger partial charge in [0.1, 0.15) is 12.2 Å². The van der Waals surface area contributed by atoms with Crippen molar-refractivity contribution in [3.63, 3.8) is 0 Å². The van der Waals surface area contributed by atoms with Crippen molar-refractivity contribution in [2.75, 3.05) is 6.61 Å². The predicted molar refractivity (Wildman–Crippen MR) is 44.6 cm³/mol. The minimum atomic E-state index is -1.25. The lowest BCUT2D eigenvalue weighted by molar-refractivity contribution is -0.0812. The minimum Gasteiger partial charge on any atom is -0.394 e. The van der Waals surface area contributed by atoms with E-state index < -0.39 is 24.9 Å². The summed E-state index contributed by atoms with van der Waals surface area (Å²) in [6, 6.07) is 0. The molecule has 0 aromatic carbocycles. The number of hydrogen-bond acceptors (Lipinski definition) is 4. The zero-order chi connectivity index (χ0) is 9.72. The van der Waals surface area contributed by atoms with Gasteiger partial charge in [0.15, 0.2) is 0 Å². The Morgan fingerprint density at radius 1 is 1.00 bits per heavy atom. The third-order valence-corrected chi connectivity index (χ3v) is 1.69. The summed E-state index contributed by atoms with van der Waals surface area (Å²) in [4.78, 5) is 0. The Hall–Kier alpha value is -0.160. The van der Waals surface area contributed by atoms with E-state index in [1.54, 1.807) is 0 Å². The molecule has 0 saturated heterocycles. The van der Waals surface area contributed by atoms with Crippen LogP contribution < -0.4 is 0 Å². The molecule has 4 heteroatoms. The van der Waals surface area contributed by atoms with Crippen LogP contribution in [0.5, 0.6) is 0 Å². The average molecular weight is 178 g/mol. The first-order valence-electron chi connectivity index (χ1n) is 4.14. The molecule has 0 aromatic rings. The van der Waals surface area contributed by atoms with Crippen molar-refractivity contribution >= 4 is 0 Å². The van der Waals surface area contributed by atoms with Crippen LogP contribution in [0, 0.1) is 5.92 Å². The fourth-order valence-electron chi connectivity index (χ4n) is 0.987. The molecule has 4 nitrogen and oxygen atoms in total. The fourth-order valence-corrected chi connectivity index (χ4v) is 0.987. The van der Waals surface area contributed by atoms with Crippen LogP contribution in [0.2, 0.25) is 0 Å². The van der Waals surface area contributed by atoms with E-state index in [4.69, 9.17) is 10.2 Å². The Balaban J connectivity index is 3.83. The lowest BCUT2D eigenvalue weighted by Crippen LogP contribution is -2.40. The van der Waals surface area contributed by atoms with Crippen LogP contribution in [-0.2, 0) is 0 Å². The van der Waals surface area contributed by atoms with Crippen molar-refractivity contribution in [3.05, 3.63) is 0 Å². The highest BCUT2D eigenvalue weighted by Gasteiger charge is 2.24. The summed E-state index contributed by atoms with van der Waals surface area (Å²) in [6.07, 6.45) is -3.05. The van der Waals surface area contributed by atoms with Crippen LogP contribution in [0.15, 0.2) is 0 Å². The van der Waals surface area contributed by atoms with E-state index in [9.17, 15) is 10.2 Å². The summed E-state index contributed by atoms with van der Waals surface area (Å²) < 4.78 is 0. The van der Waals surface area contributed by atoms with Crippen molar-refractivity contribution < 1.29 is 20.4 Å². The van der Waals surface area contributed by atoms with Crippen LogP contribution in [0.1, 0.15) is 20.3 Å². The van der Waals surface area contributed by atoms with E-state index >= 15 is 0 Å². The third kappa shape index (κ3) is 4.01. The maximum Gasteiger partial charge on any atom is 0.108 e. The minimum absolute atomic E-state index is 0.251. The smallest absolute Gasteiger partial charge is 0.108 e. The SMILES string of the molecule is CC(C)C[C@@H](O)[C@@H](O)[C@H](O)CO. The Kier molecular flexibility index (Phi) is 5.41. The predicted octanol–water partition coefficient (Wildman–Crippen LogP) is -0.893. The molecule has 0 heterocycles. The Morgan fingerprint density at radius 2 is 1.50 bits per heavy atom. The average Bonchev–Trinajstić information content (AvgIpc) is 2.00. The molecule has 0 radical (unpaired) electrons. The standard InChI is InChI=1S/C8H18O4/c1-5(2)3-6(10)8(12)7(11)4-9/h5-12H,3-4H2,1-2H3/t6-,7-,8-/m1/s1. The van der Waals surface area contributed by atoms with Gasteiger partial charge in [0.25, 0.3) is 0 Å². The molecule has 0 aliphatic carbocycles. The first kappa shape index (κ1) is 11.8. The van der Waals surface area contributed by atoms with E-state index in [2.05, 4.69) is 0 Å². The molecule has 0 fully saturated rings. The Morgan fingerprint density at radius 3 is 1.83 bits per heavy atom. The van der Waals surface area contributed by atoms with Crippen molar-refractivity contribution in [1.82, 2.24) is 0 Å². The second-order valence-corrected chi connectivity index (χ2v) is 3.44. The second kappa shape index (κ2) is 5.48. The summed E-state index contributed by atoms with van der Waals surface area (Å²) in [5.41, 5.74) is 0. The molecule has 0 aromatic heterocycles. The Bertz CT molecular complexity index is 116. The van der Waals surface area contributed by atoms with Gasteiger partial charge in [0.05, 0.1) is 12.7 Å². The topological polar surface area (TPSA) is 80.9 Å². The van der Waals surface area contributed by atoms with Crippen molar-refractivity contribution in [2.45, 2.75) is 38.6 Å². The van der Waals surface area contributed by atoms with Crippen LogP contribution in [0.4, 0.5) is 0 Å². The fraction of sp³-hybridized carbons (Fsp3) is 1.00. The van der Waals surface area contributed by atoms with Gasteiger partial charge in [-0.25, -0.2) is 0 Å². The summed E-state index contributed by atoms with van der Waals surface area (Å²) >= 11 is 0. The highest BCUT2D eigenvalue weighted by atomic mass is 16.4. The molecule has 0 aliphatic rings. The molecule has 0 amide bonds. The van der Waals surface area contributed by atoms with E-state index in [-0.39, 0.29) is 5.92 Å². The van der Waals surface area contributed by atoms with Crippen molar-refractivity contribution in [1.29, 1.82) is 0 Å². The van der Waals surface area contributed by atoms with Crippen molar-refractivity contribution in [2.24, 2.45) is 5.92 Å². The highest BCUT2D eigenvalue weighted by molar-refractivity contribution is 4.75. The van der Waals surface area contributed by atoms with Gasteiger partial charge in [0.2, 0.25) is 0 Å². The van der Waals surface area contributed by atoms with Crippen LogP contribution >= 0.6 is 0 Å². The Labute approximate surface area is 72.5 Å². The monoisotopic (exact) mass is 178 g/mol. The van der Waals surface area contributed by atoms with Gasteiger partial charge in [-0.2, -0.15) is 0 Å². The molecule has 0 spiro atoms. The molecule has 4 N–H and O–H groups in total. The quantitative estimate of drug-likeness (QED) is 0.440. The van der Waals surface area contributed by atoms with E-state index in [0.29, 0.717) is 6.42 Å². The lowest BCUT2D eigenvalue weighted by Gasteiger charge is -2.22. The normalized spacial score (nSPS) is 19.2. The van der Waals surface area contributed by atoms with Gasteiger partial charge in [0, 0.05) is 0 Å². The first-order valence-corrected chi connectivity index (χ1v) is 4.14. The number of rotatable bonds is 5. The molecule has 3 atom stereocenters. The van der Waals surface area contributed by atoms with E-state index in [1.807, 2.05) is 13.8 Å². The zero-order valence-corrected chi connectivity index (χ0v) is 7.51. The molecule has 0 bridgehead atoms. The molecular formula is C8H18O4. The number of aliphatic hydroxyl groups excluding tert-OH is 4. The van der Waals surface area contributed by atoms with E-state index in [1.165, 1.54) is 0 Å². The summed E-state index contributed by atoms with van der Waals surface area (Å²) in [6.45, 7) is 3.28. The molecule has 0 aliphatic heterocycles. The van der Waals surface area contributed by atoms with Crippen LogP contribution in [-0.4, -0.2) is 45.3 Å². The van der Waals surface area contributed by atoms with Crippen LogP contribution in [0.3, 0.4) is 0 Å². The van der Waals surface area contributed by atoms with Gasteiger partial charge in [-0.1, -0.05) is 13.8 Å². The summed E-state index contributed by atoms with van der Waals surface area (Å²) in [5, 5.41) is 35.9. The van der Waals surface area contributed by atoms with E-state index in [0.717, 1.165) is 0 Å². The molecule has 74 valence electrons. The van der Waals surface area contributed by atoms with Gasteiger partial charge < -0.3 is 20.4 Å². The maximum atomic E-state index is 9.27. The number of aliphatic hydroxyl groups is 4. The van der Waals surface area contributed by atoms with Gasteiger partial charge in [-0.05, 0) is 12.3 Å². The largest absolute Gasteiger partial charge is 0.394 e. The molecule has 12 heavy (non-hydrogen) atoms. The van der Waals surface area contributed by atoms with Gasteiger partial charge in [-0.3, -0.25) is 0 Å². The third-order valence-electron chi connectivity index (χ3n) is 1.69. The zero-order valence-electron chi connectivity index (χ0n) is 7.51. The van der Waals surface area contributed by atoms with Crippen molar-refractivity contribution in [3.8, 4) is 0 Å². The molecule has 0 unspecified atom stereocenters. The first-order chi connectivity index (χ1) is 5.49. The molecular weight excluding hydrogens is 160 g/mol. The van der Waals surface area contributed by atoms with Crippen LogP contribution in [0.25, 0.3) is 0 Å². The number of hydrogen-bond donors (Lipinski definition) is 4. The summed E-state index contributed by atoms with van der Waals surface area (Å²) in [5.74, 6) is 0.251. The highest BCUT2D eigenvalue weighted by Crippen LogP contribution is 2.10. The summed E-state index contributed by atoms with van der Waals surface area (Å²) in [7, 11) is 0. The van der Waals surface area contributed by atoms with Gasteiger partial charge >= 0.3 is 0 Å².